The van der Waals surface area contributed by atoms with Gasteiger partial charge in [0.1, 0.15) is 5.75 Å². The highest BCUT2D eigenvalue weighted by atomic mass is 35.5. The van der Waals surface area contributed by atoms with E-state index in [4.69, 9.17) is 24.7 Å². The van der Waals surface area contributed by atoms with Crippen LogP contribution in [0.3, 0.4) is 0 Å². The fourth-order valence-corrected chi connectivity index (χ4v) is 5.25. The summed E-state index contributed by atoms with van der Waals surface area (Å²) in [5, 5.41) is 0. The van der Waals surface area contributed by atoms with Crippen LogP contribution in [-0.2, 0) is 6.42 Å². The Labute approximate surface area is 207 Å². The van der Waals surface area contributed by atoms with E-state index in [-0.39, 0.29) is 23.7 Å². The molecule has 2 aliphatic rings. The van der Waals surface area contributed by atoms with Gasteiger partial charge in [-0.05, 0) is 55.3 Å². The minimum absolute atomic E-state index is 0. The molecule has 2 aromatic carbocycles. The molecule has 0 unspecified atom stereocenters. The lowest BCUT2D eigenvalue weighted by molar-refractivity contribution is 0.0768. The third-order valence-corrected chi connectivity index (χ3v) is 6.97. The number of carbonyl (C=O) groups is 1. The highest BCUT2D eigenvalue weighted by molar-refractivity contribution is 5.99. The summed E-state index contributed by atoms with van der Waals surface area (Å²) in [4.78, 5) is 15.6. The summed E-state index contributed by atoms with van der Waals surface area (Å²) in [6, 6.07) is 9.43. The van der Waals surface area contributed by atoms with Gasteiger partial charge in [0.05, 0.1) is 26.9 Å². The largest absolute Gasteiger partial charge is 0.492 e. The van der Waals surface area contributed by atoms with Gasteiger partial charge in [-0.25, -0.2) is 0 Å². The van der Waals surface area contributed by atoms with E-state index in [1.54, 1.807) is 13.2 Å². The molecule has 2 fully saturated rings. The van der Waals surface area contributed by atoms with Gasteiger partial charge in [0.2, 0.25) is 11.5 Å². The van der Waals surface area contributed by atoms with Gasteiger partial charge < -0.3 is 29.6 Å². The minimum Gasteiger partial charge on any atom is -0.492 e. The number of likely N-dealkylation sites (tertiary alicyclic amines) is 1. The second kappa shape index (κ2) is 11.2. The molecule has 1 amide bonds. The van der Waals surface area contributed by atoms with Crippen molar-refractivity contribution in [2.45, 2.75) is 38.5 Å². The molecule has 2 aromatic rings. The summed E-state index contributed by atoms with van der Waals surface area (Å²) >= 11 is 0. The van der Waals surface area contributed by atoms with Crippen LogP contribution in [0.1, 0.15) is 48.0 Å². The first-order valence-electron chi connectivity index (χ1n) is 11.6. The molecule has 1 heterocycles. The van der Waals surface area contributed by atoms with E-state index in [1.807, 2.05) is 29.2 Å². The summed E-state index contributed by atoms with van der Waals surface area (Å²) in [5.74, 6) is 2.05. The van der Waals surface area contributed by atoms with Gasteiger partial charge in [-0.2, -0.15) is 0 Å². The molecule has 0 atom stereocenters. The first-order valence-corrected chi connectivity index (χ1v) is 11.6. The molecule has 8 heteroatoms. The van der Waals surface area contributed by atoms with Crippen molar-refractivity contribution >= 4 is 18.3 Å². The first-order chi connectivity index (χ1) is 16.0. The summed E-state index contributed by atoms with van der Waals surface area (Å²) < 4.78 is 23.0. The number of rotatable bonds is 8. The predicted octanol–water partition coefficient (Wildman–Crippen LogP) is 4.83. The van der Waals surface area contributed by atoms with Gasteiger partial charge in [-0.1, -0.05) is 25.0 Å². The lowest BCUT2D eigenvalue weighted by atomic mass is 9.86. The second-order valence-electron chi connectivity index (χ2n) is 8.99. The molecule has 0 radical (unpaired) electrons. The van der Waals surface area contributed by atoms with Crippen molar-refractivity contribution in [2.24, 2.45) is 11.1 Å². The van der Waals surface area contributed by atoms with E-state index in [9.17, 15) is 4.79 Å². The molecular formula is C26H35ClN2O5. The van der Waals surface area contributed by atoms with Crippen molar-refractivity contribution in [3.05, 3.63) is 41.5 Å². The molecule has 0 bridgehead atoms. The number of amides is 1. The van der Waals surface area contributed by atoms with Gasteiger partial charge in [0.15, 0.2) is 11.5 Å². The Hall–Kier alpha value is -2.64. The minimum atomic E-state index is -0.0697. The van der Waals surface area contributed by atoms with E-state index in [1.165, 1.54) is 39.9 Å². The standard InChI is InChI=1S/C26H34N2O5.ClH/c1-30-22-20(25(29)28-15-13-26(17-28)11-4-5-12-26)16-21(23(31-2)24(22)32-3)33-19-8-6-18(7-9-19)10-14-27;/h6-9,16H,4-5,10-15,17,27H2,1-3H3;1H. The quantitative estimate of drug-likeness (QED) is 0.570. The second-order valence-corrected chi connectivity index (χ2v) is 8.99. The molecule has 1 aliphatic carbocycles. The topological polar surface area (TPSA) is 83.3 Å². The fraction of sp³-hybridized carbons (Fsp3) is 0.500. The third-order valence-electron chi connectivity index (χ3n) is 6.97. The maximum absolute atomic E-state index is 13.6. The highest BCUT2D eigenvalue weighted by Gasteiger charge is 2.42. The summed E-state index contributed by atoms with van der Waals surface area (Å²) in [7, 11) is 4.61. The van der Waals surface area contributed by atoms with E-state index < -0.39 is 0 Å². The van der Waals surface area contributed by atoms with E-state index in [2.05, 4.69) is 0 Å². The SMILES string of the molecule is COc1c(Oc2ccc(CCN)cc2)cc(C(=O)N2CCC3(CCCC3)C2)c(OC)c1OC.Cl. The molecule has 7 nitrogen and oxygen atoms in total. The molecular weight excluding hydrogens is 456 g/mol. The summed E-state index contributed by atoms with van der Waals surface area (Å²) in [5.41, 5.74) is 7.48. The van der Waals surface area contributed by atoms with Crippen molar-refractivity contribution in [1.29, 1.82) is 0 Å². The van der Waals surface area contributed by atoms with E-state index >= 15 is 0 Å². The molecule has 1 saturated carbocycles. The Morgan fingerprint density at radius 1 is 0.971 bits per heavy atom. The normalized spacial score (nSPS) is 16.3. The van der Waals surface area contributed by atoms with Crippen molar-refractivity contribution < 1.29 is 23.7 Å². The molecule has 1 saturated heterocycles. The Balaban J connectivity index is 0.00000324. The third kappa shape index (κ3) is 5.05. The average Bonchev–Trinajstić information content (AvgIpc) is 3.48. The zero-order chi connectivity index (χ0) is 23.4. The lowest BCUT2D eigenvalue weighted by Crippen LogP contribution is -2.31. The first kappa shape index (κ1) is 26.0. The van der Waals surface area contributed by atoms with Crippen molar-refractivity contribution in [1.82, 2.24) is 4.90 Å². The number of carbonyl (C=O) groups excluding carboxylic acids is 1. The molecule has 1 aliphatic heterocycles. The van der Waals surface area contributed by atoms with Gasteiger partial charge in [0.25, 0.3) is 5.91 Å². The van der Waals surface area contributed by atoms with Crippen LogP contribution in [0.2, 0.25) is 0 Å². The van der Waals surface area contributed by atoms with Crippen molar-refractivity contribution in [3.8, 4) is 28.7 Å². The molecule has 0 aromatic heterocycles. The number of nitrogens with two attached hydrogens (primary N) is 1. The Kier molecular flexibility index (Phi) is 8.55. The van der Waals surface area contributed by atoms with Crippen LogP contribution in [0.25, 0.3) is 0 Å². The van der Waals surface area contributed by atoms with E-state index in [0.29, 0.717) is 40.9 Å². The molecule has 186 valence electrons. The van der Waals surface area contributed by atoms with Crippen molar-refractivity contribution in [3.63, 3.8) is 0 Å². The number of nitrogens with zero attached hydrogens (tertiary/aromatic N) is 1. The van der Waals surface area contributed by atoms with Crippen LogP contribution in [-0.4, -0.2) is 51.8 Å². The maximum atomic E-state index is 13.6. The van der Waals surface area contributed by atoms with Crippen molar-refractivity contribution in [2.75, 3.05) is 41.0 Å². The van der Waals surface area contributed by atoms with Crippen LogP contribution in [0, 0.1) is 5.41 Å². The van der Waals surface area contributed by atoms with Crippen LogP contribution in [0.4, 0.5) is 0 Å². The smallest absolute Gasteiger partial charge is 0.257 e. The monoisotopic (exact) mass is 490 g/mol. The number of methoxy groups -OCH3 is 3. The summed E-state index contributed by atoms with van der Waals surface area (Å²) in [6.07, 6.45) is 6.78. The Morgan fingerprint density at radius 3 is 2.21 bits per heavy atom. The predicted molar refractivity (Wildman–Crippen MR) is 134 cm³/mol. The number of hydrogen-bond acceptors (Lipinski definition) is 6. The van der Waals surface area contributed by atoms with E-state index in [0.717, 1.165) is 31.5 Å². The number of ether oxygens (including phenoxy) is 4. The van der Waals surface area contributed by atoms with Gasteiger partial charge >= 0.3 is 0 Å². The van der Waals surface area contributed by atoms with Crippen LogP contribution >= 0.6 is 12.4 Å². The zero-order valence-electron chi connectivity index (χ0n) is 20.2. The Morgan fingerprint density at radius 2 is 1.62 bits per heavy atom. The van der Waals surface area contributed by atoms with Crippen LogP contribution in [0.15, 0.2) is 30.3 Å². The van der Waals surface area contributed by atoms with Gasteiger partial charge in [-0.3, -0.25) is 4.79 Å². The van der Waals surface area contributed by atoms with Gasteiger partial charge in [0, 0.05) is 19.2 Å². The Bertz CT molecular complexity index is 990. The fourth-order valence-electron chi connectivity index (χ4n) is 5.25. The molecule has 1 spiro atoms. The van der Waals surface area contributed by atoms with Crippen LogP contribution in [0.5, 0.6) is 28.7 Å². The molecule has 4 rings (SSSR count). The maximum Gasteiger partial charge on any atom is 0.257 e. The zero-order valence-corrected chi connectivity index (χ0v) is 21.0. The molecule has 34 heavy (non-hydrogen) atoms. The average molecular weight is 491 g/mol. The number of halogens is 1. The number of hydrogen-bond donors (Lipinski definition) is 1. The van der Waals surface area contributed by atoms with Crippen LogP contribution < -0.4 is 24.7 Å². The number of benzene rings is 2. The van der Waals surface area contributed by atoms with Gasteiger partial charge in [-0.15, -0.1) is 12.4 Å². The summed E-state index contributed by atoms with van der Waals surface area (Å²) in [6.45, 7) is 2.14. The molecule has 2 N–H and O–H groups in total. The lowest BCUT2D eigenvalue weighted by Gasteiger charge is -2.25. The highest BCUT2D eigenvalue weighted by Crippen LogP contribution is 2.50.